The summed E-state index contributed by atoms with van der Waals surface area (Å²) in [7, 11) is 0. The van der Waals surface area contributed by atoms with E-state index >= 15 is 0 Å². The summed E-state index contributed by atoms with van der Waals surface area (Å²) in [4.78, 5) is 31.7. The Morgan fingerprint density at radius 1 is 1.11 bits per heavy atom. The molecule has 0 aromatic rings. The van der Waals surface area contributed by atoms with Gasteiger partial charge in [-0.15, -0.1) is 0 Å². The van der Waals surface area contributed by atoms with Gasteiger partial charge in [0.2, 0.25) is 5.91 Å². The Hall–Kier alpha value is -1.89. The third-order valence-corrected chi connectivity index (χ3v) is 1.82. The Morgan fingerprint density at radius 2 is 1.44 bits per heavy atom. The molecule has 0 bridgehead atoms. The summed E-state index contributed by atoms with van der Waals surface area (Å²) in [6.45, 7) is 7.10. The van der Waals surface area contributed by atoms with Crippen LogP contribution < -0.4 is 15.9 Å². The van der Waals surface area contributed by atoms with E-state index < -0.39 is 11.9 Å². The minimum absolute atomic E-state index is 0.0324. The number of carboxylic acid groups (broad SMARTS) is 2. The van der Waals surface area contributed by atoms with Crippen molar-refractivity contribution in [2.24, 2.45) is 5.73 Å². The number of carbonyl (C=O) groups is 3. The number of rotatable bonds is 5. The van der Waals surface area contributed by atoms with Gasteiger partial charge in [-0.1, -0.05) is 0 Å². The molecule has 104 valence electrons. The van der Waals surface area contributed by atoms with E-state index in [2.05, 4.69) is 0 Å². The molecule has 0 aliphatic heterocycles. The van der Waals surface area contributed by atoms with Gasteiger partial charge in [0.25, 0.3) is 0 Å². The van der Waals surface area contributed by atoms with Gasteiger partial charge in [0.1, 0.15) is 0 Å². The number of carbonyl (C=O) groups excluding carboxylic acids is 3. The number of amides is 1. The highest BCUT2D eigenvalue weighted by Crippen LogP contribution is 1.90. The third-order valence-electron chi connectivity index (χ3n) is 1.82. The number of aliphatic carboxylic acids is 2. The smallest absolute Gasteiger partial charge is 0.239 e. The van der Waals surface area contributed by atoms with E-state index in [4.69, 9.17) is 5.73 Å². The van der Waals surface area contributed by atoms with Crippen molar-refractivity contribution in [1.29, 1.82) is 0 Å². The van der Waals surface area contributed by atoms with Crippen LogP contribution in [-0.2, 0) is 14.4 Å². The SMILES string of the molecule is CCN(CC)C(=O)C(C)N.O=C([O-])/C=C/C(=O)[O-]. The second kappa shape index (κ2) is 10.3. The molecule has 0 radical (unpaired) electrons. The number of likely N-dealkylation sites (N-methyl/N-ethyl adjacent to an activating group) is 1. The quantitative estimate of drug-likeness (QED) is 0.532. The van der Waals surface area contributed by atoms with Gasteiger partial charge in [0, 0.05) is 13.1 Å². The molecule has 0 aliphatic carbocycles. The molecule has 2 N–H and O–H groups in total. The van der Waals surface area contributed by atoms with E-state index in [9.17, 15) is 24.6 Å². The van der Waals surface area contributed by atoms with Crippen LogP contribution in [0.2, 0.25) is 0 Å². The molecule has 18 heavy (non-hydrogen) atoms. The van der Waals surface area contributed by atoms with Crippen molar-refractivity contribution in [2.75, 3.05) is 13.1 Å². The van der Waals surface area contributed by atoms with Crippen LogP contribution in [0.25, 0.3) is 0 Å². The predicted molar refractivity (Wildman–Crippen MR) is 60.7 cm³/mol. The van der Waals surface area contributed by atoms with Crippen LogP contribution in [0.5, 0.6) is 0 Å². The Kier molecular flexibility index (Phi) is 10.5. The zero-order chi connectivity index (χ0) is 14.7. The maximum absolute atomic E-state index is 11.1. The number of hydrogen-bond donors (Lipinski definition) is 1. The molecule has 0 aromatic heterocycles. The van der Waals surface area contributed by atoms with Crippen LogP contribution in [0.15, 0.2) is 12.2 Å². The van der Waals surface area contributed by atoms with Gasteiger partial charge in [-0.3, -0.25) is 4.79 Å². The Labute approximate surface area is 106 Å². The molecular formula is C11H18N2O5-2. The summed E-state index contributed by atoms with van der Waals surface area (Å²) in [5.41, 5.74) is 5.40. The monoisotopic (exact) mass is 258 g/mol. The van der Waals surface area contributed by atoms with E-state index in [0.29, 0.717) is 12.2 Å². The first kappa shape index (κ1) is 18.5. The highest BCUT2D eigenvalue weighted by Gasteiger charge is 2.12. The van der Waals surface area contributed by atoms with Crippen molar-refractivity contribution in [3.63, 3.8) is 0 Å². The highest BCUT2D eigenvalue weighted by atomic mass is 16.4. The molecular weight excluding hydrogens is 240 g/mol. The van der Waals surface area contributed by atoms with E-state index in [1.54, 1.807) is 11.8 Å². The van der Waals surface area contributed by atoms with Crippen LogP contribution in [0, 0.1) is 0 Å². The summed E-state index contributed by atoms with van der Waals surface area (Å²) >= 11 is 0. The lowest BCUT2D eigenvalue weighted by Crippen LogP contribution is -2.41. The molecule has 0 aliphatic rings. The Morgan fingerprint density at radius 3 is 1.56 bits per heavy atom. The van der Waals surface area contributed by atoms with Gasteiger partial charge >= 0.3 is 0 Å². The number of nitrogens with two attached hydrogens (primary N) is 1. The van der Waals surface area contributed by atoms with Crippen molar-refractivity contribution < 1.29 is 24.6 Å². The summed E-state index contributed by atoms with van der Waals surface area (Å²) in [6, 6.07) is -0.361. The second-order valence-corrected chi connectivity index (χ2v) is 3.27. The fraction of sp³-hybridized carbons (Fsp3) is 0.545. The third kappa shape index (κ3) is 10.6. The van der Waals surface area contributed by atoms with Crippen molar-refractivity contribution >= 4 is 17.8 Å². The lowest BCUT2D eigenvalue weighted by Gasteiger charge is -2.20. The molecule has 0 rings (SSSR count). The molecule has 1 atom stereocenters. The van der Waals surface area contributed by atoms with E-state index in [1.165, 1.54) is 0 Å². The fourth-order valence-corrected chi connectivity index (χ4v) is 0.959. The van der Waals surface area contributed by atoms with Crippen LogP contribution >= 0.6 is 0 Å². The molecule has 7 heteroatoms. The maximum atomic E-state index is 11.1. The van der Waals surface area contributed by atoms with E-state index in [1.807, 2.05) is 13.8 Å². The van der Waals surface area contributed by atoms with Crippen LogP contribution in [0.3, 0.4) is 0 Å². The average Bonchev–Trinajstić information content (AvgIpc) is 2.28. The summed E-state index contributed by atoms with van der Waals surface area (Å²) in [5, 5.41) is 18.8. The number of hydrogen-bond acceptors (Lipinski definition) is 6. The van der Waals surface area contributed by atoms with E-state index in [0.717, 1.165) is 13.1 Å². The summed E-state index contributed by atoms with van der Waals surface area (Å²) in [5.74, 6) is -3.06. The van der Waals surface area contributed by atoms with E-state index in [-0.39, 0.29) is 11.9 Å². The van der Waals surface area contributed by atoms with Gasteiger partial charge in [-0.25, -0.2) is 0 Å². The molecule has 0 heterocycles. The summed E-state index contributed by atoms with van der Waals surface area (Å²) in [6.07, 6.45) is 0.769. The van der Waals surface area contributed by atoms with Gasteiger partial charge in [-0.2, -0.15) is 0 Å². The molecule has 0 saturated carbocycles. The van der Waals surface area contributed by atoms with Crippen molar-refractivity contribution in [2.45, 2.75) is 26.8 Å². The molecule has 7 nitrogen and oxygen atoms in total. The molecule has 0 saturated heterocycles. The zero-order valence-electron chi connectivity index (χ0n) is 10.7. The standard InChI is InChI=1S/C7H16N2O.C4H4O4/c1-4-9(5-2)7(10)6(3)8;5-3(6)1-2-4(7)8/h6H,4-5,8H2,1-3H3;1-2H,(H,5,6)(H,7,8)/p-2/b;2-1+. The van der Waals surface area contributed by atoms with Crippen LogP contribution in [0.4, 0.5) is 0 Å². The number of carboxylic acids is 2. The van der Waals surface area contributed by atoms with Crippen LogP contribution in [-0.4, -0.2) is 41.9 Å². The van der Waals surface area contributed by atoms with Crippen LogP contribution in [0.1, 0.15) is 20.8 Å². The normalized spacial score (nSPS) is 11.3. The largest absolute Gasteiger partial charge is 0.545 e. The Bertz CT molecular complexity index is 293. The minimum atomic E-state index is -1.55. The Balaban J connectivity index is 0. The summed E-state index contributed by atoms with van der Waals surface area (Å²) < 4.78 is 0. The van der Waals surface area contributed by atoms with Crippen molar-refractivity contribution in [3.05, 3.63) is 12.2 Å². The highest BCUT2D eigenvalue weighted by molar-refractivity contribution is 5.87. The average molecular weight is 258 g/mol. The van der Waals surface area contributed by atoms with Gasteiger partial charge < -0.3 is 30.4 Å². The van der Waals surface area contributed by atoms with Crippen molar-refractivity contribution in [3.8, 4) is 0 Å². The first-order chi connectivity index (χ1) is 8.26. The molecule has 0 fully saturated rings. The van der Waals surface area contributed by atoms with Gasteiger partial charge in [0.05, 0.1) is 18.0 Å². The topological polar surface area (TPSA) is 127 Å². The maximum Gasteiger partial charge on any atom is 0.239 e. The molecule has 0 aromatic carbocycles. The lowest BCUT2D eigenvalue weighted by molar-refractivity contribution is -0.301. The first-order valence-corrected chi connectivity index (χ1v) is 5.40. The van der Waals surface area contributed by atoms with Gasteiger partial charge in [-0.05, 0) is 32.9 Å². The van der Waals surface area contributed by atoms with Gasteiger partial charge in [0.15, 0.2) is 0 Å². The number of nitrogens with zero attached hydrogens (tertiary/aromatic N) is 1. The predicted octanol–water partition coefficient (Wildman–Crippen LogP) is -2.76. The molecule has 0 spiro atoms. The second-order valence-electron chi connectivity index (χ2n) is 3.27. The minimum Gasteiger partial charge on any atom is -0.545 e. The zero-order valence-corrected chi connectivity index (χ0v) is 10.7. The van der Waals surface area contributed by atoms with Crippen molar-refractivity contribution in [1.82, 2.24) is 4.90 Å². The fourth-order valence-electron chi connectivity index (χ4n) is 0.959. The molecule has 1 unspecified atom stereocenters. The molecule has 1 amide bonds. The first-order valence-electron chi connectivity index (χ1n) is 5.40. The lowest BCUT2D eigenvalue weighted by atomic mass is 10.3.